The quantitative estimate of drug-likeness (QED) is 0.748. The van der Waals surface area contributed by atoms with Crippen LogP contribution in [0.5, 0.6) is 5.75 Å². The standard InChI is InChI=1S/C17H27NO3/c1-6-20-17(19)15(18-13(4)5)11-21-16-10-8-7-9-14(16)12(2)3/h7-10,12-13,15,18H,6,11H2,1-5H3. The minimum absolute atomic E-state index is 0.184. The lowest BCUT2D eigenvalue weighted by Crippen LogP contribution is -2.45. The van der Waals surface area contributed by atoms with Gasteiger partial charge in [-0.2, -0.15) is 0 Å². The number of rotatable bonds is 8. The first kappa shape index (κ1) is 17.5. The topological polar surface area (TPSA) is 47.6 Å². The van der Waals surface area contributed by atoms with Crippen LogP contribution >= 0.6 is 0 Å². The van der Waals surface area contributed by atoms with Crippen molar-refractivity contribution in [2.24, 2.45) is 0 Å². The largest absolute Gasteiger partial charge is 0.491 e. The summed E-state index contributed by atoms with van der Waals surface area (Å²) in [6.45, 7) is 10.7. The molecule has 1 atom stereocenters. The SMILES string of the molecule is CCOC(=O)C(COc1ccccc1C(C)C)NC(C)C. The summed E-state index contributed by atoms with van der Waals surface area (Å²) in [6.07, 6.45) is 0. The zero-order chi connectivity index (χ0) is 15.8. The Kier molecular flexibility index (Phi) is 7.23. The van der Waals surface area contributed by atoms with Crippen LogP contribution in [0.15, 0.2) is 24.3 Å². The van der Waals surface area contributed by atoms with Gasteiger partial charge in [-0.3, -0.25) is 10.1 Å². The maximum Gasteiger partial charge on any atom is 0.326 e. The van der Waals surface area contributed by atoms with Crippen molar-refractivity contribution >= 4 is 5.97 Å². The van der Waals surface area contributed by atoms with Crippen LogP contribution in [0.25, 0.3) is 0 Å². The molecule has 0 heterocycles. The normalized spacial score (nSPS) is 12.5. The van der Waals surface area contributed by atoms with E-state index in [4.69, 9.17) is 9.47 Å². The Labute approximate surface area is 127 Å². The van der Waals surface area contributed by atoms with E-state index < -0.39 is 6.04 Å². The summed E-state index contributed by atoms with van der Waals surface area (Å²) in [5.41, 5.74) is 1.14. The van der Waals surface area contributed by atoms with Gasteiger partial charge in [0.15, 0.2) is 0 Å². The molecule has 0 aromatic heterocycles. The van der Waals surface area contributed by atoms with Gasteiger partial charge in [-0.05, 0) is 24.5 Å². The molecular formula is C17H27NO3. The summed E-state index contributed by atoms with van der Waals surface area (Å²) in [7, 11) is 0. The molecule has 1 aromatic carbocycles. The van der Waals surface area contributed by atoms with Crippen LogP contribution in [0, 0.1) is 0 Å². The van der Waals surface area contributed by atoms with E-state index in [1.807, 2.05) is 32.0 Å². The number of benzene rings is 1. The van der Waals surface area contributed by atoms with Crippen LogP contribution in [0.1, 0.15) is 46.1 Å². The second-order valence-corrected chi connectivity index (χ2v) is 5.63. The maximum atomic E-state index is 12.0. The average Bonchev–Trinajstić information content (AvgIpc) is 2.43. The minimum atomic E-state index is -0.454. The number of hydrogen-bond donors (Lipinski definition) is 1. The molecule has 0 spiro atoms. The van der Waals surface area contributed by atoms with Gasteiger partial charge in [-0.25, -0.2) is 0 Å². The van der Waals surface area contributed by atoms with Gasteiger partial charge >= 0.3 is 5.97 Å². The van der Waals surface area contributed by atoms with Gasteiger partial charge in [0.05, 0.1) is 6.61 Å². The molecular weight excluding hydrogens is 266 g/mol. The highest BCUT2D eigenvalue weighted by atomic mass is 16.5. The van der Waals surface area contributed by atoms with Crippen molar-refractivity contribution < 1.29 is 14.3 Å². The Balaban J connectivity index is 2.74. The summed E-state index contributed by atoms with van der Waals surface area (Å²) >= 11 is 0. The number of esters is 1. The summed E-state index contributed by atoms with van der Waals surface area (Å²) < 4.78 is 11.0. The number of ether oxygens (including phenoxy) is 2. The van der Waals surface area contributed by atoms with Gasteiger partial charge in [0.1, 0.15) is 18.4 Å². The first-order valence-electron chi connectivity index (χ1n) is 7.60. The zero-order valence-electron chi connectivity index (χ0n) is 13.7. The Morgan fingerprint density at radius 1 is 1.19 bits per heavy atom. The van der Waals surface area contributed by atoms with Crippen molar-refractivity contribution in [2.45, 2.75) is 52.6 Å². The molecule has 1 aromatic rings. The second kappa shape index (κ2) is 8.67. The molecule has 21 heavy (non-hydrogen) atoms. The van der Waals surface area contributed by atoms with E-state index in [-0.39, 0.29) is 18.6 Å². The number of carbonyl (C=O) groups excluding carboxylic acids is 1. The van der Waals surface area contributed by atoms with Gasteiger partial charge in [0.2, 0.25) is 0 Å². The first-order chi connectivity index (χ1) is 9.95. The Bertz CT molecular complexity index is 443. The fourth-order valence-electron chi connectivity index (χ4n) is 2.09. The molecule has 4 nitrogen and oxygen atoms in total. The van der Waals surface area contributed by atoms with Gasteiger partial charge in [-0.15, -0.1) is 0 Å². The third-order valence-corrected chi connectivity index (χ3v) is 3.05. The smallest absolute Gasteiger partial charge is 0.326 e. The van der Waals surface area contributed by atoms with E-state index in [2.05, 4.69) is 25.2 Å². The van der Waals surface area contributed by atoms with E-state index in [9.17, 15) is 4.79 Å². The van der Waals surface area contributed by atoms with E-state index in [1.165, 1.54) is 0 Å². The monoisotopic (exact) mass is 293 g/mol. The number of carbonyl (C=O) groups is 1. The van der Waals surface area contributed by atoms with Gasteiger partial charge < -0.3 is 9.47 Å². The molecule has 0 aliphatic carbocycles. The summed E-state index contributed by atoms with van der Waals surface area (Å²) in [5.74, 6) is 0.931. The number of nitrogens with one attached hydrogen (secondary N) is 1. The van der Waals surface area contributed by atoms with Gasteiger partial charge in [0.25, 0.3) is 0 Å². The number of para-hydroxylation sites is 1. The third-order valence-electron chi connectivity index (χ3n) is 3.05. The summed E-state index contributed by atoms with van der Waals surface area (Å²) in [5, 5.41) is 3.18. The van der Waals surface area contributed by atoms with Crippen molar-refractivity contribution in [1.82, 2.24) is 5.32 Å². The fourth-order valence-corrected chi connectivity index (χ4v) is 2.09. The summed E-state index contributed by atoms with van der Waals surface area (Å²) in [6, 6.07) is 7.66. The Hall–Kier alpha value is -1.55. The van der Waals surface area contributed by atoms with Crippen LogP contribution < -0.4 is 10.1 Å². The predicted molar refractivity (Wildman–Crippen MR) is 84.7 cm³/mol. The highest BCUT2D eigenvalue weighted by Gasteiger charge is 2.22. The summed E-state index contributed by atoms with van der Waals surface area (Å²) in [4.78, 5) is 12.0. The Morgan fingerprint density at radius 3 is 2.43 bits per heavy atom. The lowest BCUT2D eigenvalue weighted by atomic mass is 10.0. The average molecular weight is 293 g/mol. The molecule has 1 N–H and O–H groups in total. The van der Waals surface area contributed by atoms with E-state index in [0.717, 1.165) is 11.3 Å². The van der Waals surface area contributed by atoms with Crippen LogP contribution in [0.4, 0.5) is 0 Å². The maximum absolute atomic E-state index is 12.0. The highest BCUT2D eigenvalue weighted by molar-refractivity contribution is 5.76. The van der Waals surface area contributed by atoms with E-state index >= 15 is 0 Å². The molecule has 0 saturated carbocycles. The van der Waals surface area contributed by atoms with Crippen molar-refractivity contribution in [3.63, 3.8) is 0 Å². The predicted octanol–water partition coefficient (Wildman–Crippen LogP) is 3.12. The molecule has 1 unspecified atom stereocenters. The van der Waals surface area contributed by atoms with Gasteiger partial charge in [0, 0.05) is 6.04 Å². The third kappa shape index (κ3) is 5.76. The molecule has 4 heteroatoms. The molecule has 0 bridgehead atoms. The van der Waals surface area contributed by atoms with Gasteiger partial charge in [-0.1, -0.05) is 45.9 Å². The lowest BCUT2D eigenvalue weighted by molar-refractivity contribution is -0.146. The molecule has 0 saturated heterocycles. The zero-order valence-corrected chi connectivity index (χ0v) is 13.7. The second-order valence-electron chi connectivity index (χ2n) is 5.63. The van der Waals surface area contributed by atoms with Crippen molar-refractivity contribution in [2.75, 3.05) is 13.2 Å². The molecule has 0 amide bonds. The molecule has 0 fully saturated rings. The van der Waals surface area contributed by atoms with Crippen LogP contribution in [0.2, 0.25) is 0 Å². The lowest BCUT2D eigenvalue weighted by Gasteiger charge is -2.21. The van der Waals surface area contributed by atoms with Crippen LogP contribution in [-0.2, 0) is 9.53 Å². The Morgan fingerprint density at radius 2 is 1.86 bits per heavy atom. The van der Waals surface area contributed by atoms with Crippen LogP contribution in [0.3, 0.4) is 0 Å². The van der Waals surface area contributed by atoms with Crippen LogP contribution in [-0.4, -0.2) is 31.3 Å². The van der Waals surface area contributed by atoms with Crippen molar-refractivity contribution in [3.8, 4) is 5.75 Å². The molecule has 0 radical (unpaired) electrons. The first-order valence-corrected chi connectivity index (χ1v) is 7.60. The minimum Gasteiger partial charge on any atom is -0.491 e. The number of hydrogen-bond acceptors (Lipinski definition) is 4. The highest BCUT2D eigenvalue weighted by Crippen LogP contribution is 2.25. The van der Waals surface area contributed by atoms with E-state index in [1.54, 1.807) is 6.92 Å². The molecule has 118 valence electrons. The molecule has 0 aliphatic rings. The van der Waals surface area contributed by atoms with Crippen molar-refractivity contribution in [1.29, 1.82) is 0 Å². The van der Waals surface area contributed by atoms with Crippen molar-refractivity contribution in [3.05, 3.63) is 29.8 Å². The molecule has 0 aliphatic heterocycles. The molecule has 1 rings (SSSR count). The van der Waals surface area contributed by atoms with E-state index in [0.29, 0.717) is 12.5 Å². The fraction of sp³-hybridized carbons (Fsp3) is 0.588.